The molecule has 1 aromatic carbocycles. The Balaban J connectivity index is 2.04. The van der Waals surface area contributed by atoms with Crippen molar-refractivity contribution < 1.29 is 0 Å². The predicted octanol–water partition coefficient (Wildman–Crippen LogP) is 4.13. The van der Waals surface area contributed by atoms with E-state index in [1.54, 1.807) is 0 Å². The van der Waals surface area contributed by atoms with Gasteiger partial charge in [-0.15, -0.1) is 0 Å². The summed E-state index contributed by atoms with van der Waals surface area (Å²) in [4.78, 5) is 0. The van der Waals surface area contributed by atoms with Crippen molar-refractivity contribution in [2.75, 3.05) is 5.32 Å². The van der Waals surface area contributed by atoms with Gasteiger partial charge in [-0.05, 0) is 44.0 Å². The molecule has 0 radical (unpaired) electrons. The van der Waals surface area contributed by atoms with Gasteiger partial charge in [0, 0.05) is 24.1 Å². The molecule has 0 amide bonds. The summed E-state index contributed by atoms with van der Waals surface area (Å²) in [6.45, 7) is 8.47. The van der Waals surface area contributed by atoms with E-state index >= 15 is 0 Å². The van der Waals surface area contributed by atoms with Crippen LogP contribution in [0.15, 0.2) is 36.5 Å². The van der Waals surface area contributed by atoms with Crippen molar-refractivity contribution in [1.29, 1.82) is 0 Å². The Morgan fingerprint density at radius 3 is 2.72 bits per heavy atom. The van der Waals surface area contributed by atoms with Crippen LogP contribution in [0.5, 0.6) is 0 Å². The average molecular weight is 242 g/mol. The van der Waals surface area contributed by atoms with Gasteiger partial charge in [-0.25, -0.2) is 0 Å². The molecule has 96 valence electrons. The first-order chi connectivity index (χ1) is 8.70. The minimum atomic E-state index is 0.886. The second-order valence-corrected chi connectivity index (χ2v) is 4.86. The Labute approximate surface area is 110 Å². The van der Waals surface area contributed by atoms with E-state index in [0.29, 0.717) is 0 Å². The molecule has 0 unspecified atom stereocenters. The fourth-order valence-electron chi connectivity index (χ4n) is 2.27. The number of hydrogen-bond acceptors (Lipinski definition) is 1. The average Bonchev–Trinajstić information content (AvgIpc) is 2.76. The van der Waals surface area contributed by atoms with Crippen molar-refractivity contribution in [1.82, 2.24) is 4.57 Å². The van der Waals surface area contributed by atoms with Crippen LogP contribution >= 0.6 is 0 Å². The molecule has 2 rings (SSSR count). The fraction of sp³-hybridized carbons (Fsp3) is 0.375. The van der Waals surface area contributed by atoms with Gasteiger partial charge in [0.2, 0.25) is 0 Å². The standard InChI is InChI=1S/C16H22N2/c1-4-9-18-10-5-6-15(18)12-17-16-8-7-13(2)11-14(16)3/h5-8,10-11,17H,4,9,12H2,1-3H3. The lowest BCUT2D eigenvalue weighted by Crippen LogP contribution is -2.07. The second kappa shape index (κ2) is 5.76. The molecular weight excluding hydrogens is 220 g/mol. The van der Waals surface area contributed by atoms with E-state index in [-0.39, 0.29) is 0 Å². The van der Waals surface area contributed by atoms with Gasteiger partial charge in [-0.1, -0.05) is 24.6 Å². The summed E-state index contributed by atoms with van der Waals surface area (Å²) in [5, 5.41) is 3.52. The highest BCUT2D eigenvalue weighted by atomic mass is 15.0. The molecule has 2 aromatic rings. The zero-order valence-corrected chi connectivity index (χ0v) is 11.5. The van der Waals surface area contributed by atoms with Crippen molar-refractivity contribution in [2.45, 2.75) is 40.3 Å². The predicted molar refractivity (Wildman–Crippen MR) is 78.0 cm³/mol. The number of aromatic nitrogens is 1. The lowest BCUT2D eigenvalue weighted by atomic mass is 10.1. The van der Waals surface area contributed by atoms with E-state index in [1.807, 2.05) is 0 Å². The van der Waals surface area contributed by atoms with Crippen LogP contribution in [0.2, 0.25) is 0 Å². The van der Waals surface area contributed by atoms with Crippen LogP contribution in [0.3, 0.4) is 0 Å². The Bertz CT molecular complexity index is 512. The quantitative estimate of drug-likeness (QED) is 0.834. The first kappa shape index (κ1) is 12.7. The Morgan fingerprint density at radius 2 is 2.00 bits per heavy atom. The molecule has 0 bridgehead atoms. The molecular formula is C16H22N2. The molecule has 0 aliphatic heterocycles. The van der Waals surface area contributed by atoms with Gasteiger partial charge in [0.15, 0.2) is 0 Å². The fourth-order valence-corrected chi connectivity index (χ4v) is 2.27. The highest BCUT2D eigenvalue weighted by molar-refractivity contribution is 5.52. The number of rotatable bonds is 5. The van der Waals surface area contributed by atoms with Crippen molar-refractivity contribution in [3.05, 3.63) is 53.3 Å². The summed E-state index contributed by atoms with van der Waals surface area (Å²) in [5.74, 6) is 0. The number of anilines is 1. The van der Waals surface area contributed by atoms with E-state index in [9.17, 15) is 0 Å². The van der Waals surface area contributed by atoms with Gasteiger partial charge in [0.25, 0.3) is 0 Å². The Hall–Kier alpha value is -1.70. The van der Waals surface area contributed by atoms with Gasteiger partial charge in [0.1, 0.15) is 0 Å². The number of nitrogens with zero attached hydrogens (tertiary/aromatic N) is 1. The van der Waals surface area contributed by atoms with E-state index in [0.717, 1.165) is 13.1 Å². The van der Waals surface area contributed by atoms with Crippen LogP contribution < -0.4 is 5.32 Å². The van der Waals surface area contributed by atoms with Gasteiger partial charge in [-0.2, -0.15) is 0 Å². The monoisotopic (exact) mass is 242 g/mol. The van der Waals surface area contributed by atoms with Crippen LogP contribution in [-0.2, 0) is 13.1 Å². The van der Waals surface area contributed by atoms with Crippen molar-refractivity contribution in [3.63, 3.8) is 0 Å². The first-order valence-corrected chi connectivity index (χ1v) is 6.66. The van der Waals surface area contributed by atoms with Gasteiger partial charge >= 0.3 is 0 Å². The molecule has 0 atom stereocenters. The van der Waals surface area contributed by atoms with E-state index in [4.69, 9.17) is 0 Å². The molecule has 2 heteroatoms. The molecule has 0 spiro atoms. The lowest BCUT2D eigenvalue weighted by molar-refractivity contribution is 0.654. The summed E-state index contributed by atoms with van der Waals surface area (Å²) in [5.41, 5.74) is 5.19. The Morgan fingerprint density at radius 1 is 1.17 bits per heavy atom. The summed E-state index contributed by atoms with van der Waals surface area (Å²) in [7, 11) is 0. The molecule has 0 aliphatic carbocycles. The summed E-state index contributed by atoms with van der Waals surface area (Å²) < 4.78 is 2.32. The minimum absolute atomic E-state index is 0.886. The molecule has 0 saturated heterocycles. The number of benzene rings is 1. The third kappa shape index (κ3) is 2.95. The Kier molecular flexibility index (Phi) is 4.08. The third-order valence-corrected chi connectivity index (χ3v) is 3.23. The van der Waals surface area contributed by atoms with Gasteiger partial charge in [0.05, 0.1) is 6.54 Å². The largest absolute Gasteiger partial charge is 0.379 e. The van der Waals surface area contributed by atoms with Crippen LogP contribution in [0.25, 0.3) is 0 Å². The van der Waals surface area contributed by atoms with E-state index in [2.05, 4.69) is 67.2 Å². The molecule has 0 aliphatic rings. The second-order valence-electron chi connectivity index (χ2n) is 4.86. The third-order valence-electron chi connectivity index (χ3n) is 3.23. The van der Waals surface area contributed by atoms with Crippen molar-refractivity contribution >= 4 is 5.69 Å². The van der Waals surface area contributed by atoms with Crippen LogP contribution in [-0.4, -0.2) is 4.57 Å². The molecule has 18 heavy (non-hydrogen) atoms. The molecule has 0 fully saturated rings. The minimum Gasteiger partial charge on any atom is -0.379 e. The van der Waals surface area contributed by atoms with Gasteiger partial charge < -0.3 is 9.88 Å². The molecule has 0 saturated carbocycles. The maximum absolute atomic E-state index is 3.52. The zero-order valence-electron chi connectivity index (χ0n) is 11.5. The van der Waals surface area contributed by atoms with E-state index in [1.165, 1.54) is 28.9 Å². The number of hydrogen-bond donors (Lipinski definition) is 1. The molecule has 2 nitrogen and oxygen atoms in total. The highest BCUT2D eigenvalue weighted by Gasteiger charge is 2.02. The molecule has 1 aromatic heterocycles. The van der Waals surface area contributed by atoms with Crippen molar-refractivity contribution in [2.24, 2.45) is 0 Å². The first-order valence-electron chi connectivity index (χ1n) is 6.66. The van der Waals surface area contributed by atoms with Gasteiger partial charge in [-0.3, -0.25) is 0 Å². The lowest BCUT2D eigenvalue weighted by Gasteiger charge is -2.12. The SMILES string of the molecule is CCCn1cccc1CNc1ccc(C)cc1C. The number of aryl methyl sites for hydroxylation is 3. The zero-order chi connectivity index (χ0) is 13.0. The molecule has 1 heterocycles. The highest BCUT2D eigenvalue weighted by Crippen LogP contribution is 2.17. The maximum Gasteiger partial charge on any atom is 0.0553 e. The molecule has 1 N–H and O–H groups in total. The van der Waals surface area contributed by atoms with Crippen LogP contribution in [0.4, 0.5) is 5.69 Å². The normalized spacial score (nSPS) is 10.6. The number of nitrogens with one attached hydrogen (secondary N) is 1. The summed E-state index contributed by atoms with van der Waals surface area (Å²) >= 11 is 0. The smallest absolute Gasteiger partial charge is 0.0553 e. The van der Waals surface area contributed by atoms with Crippen LogP contribution in [0.1, 0.15) is 30.2 Å². The summed E-state index contributed by atoms with van der Waals surface area (Å²) in [6, 6.07) is 10.8. The van der Waals surface area contributed by atoms with Crippen molar-refractivity contribution in [3.8, 4) is 0 Å². The topological polar surface area (TPSA) is 17.0 Å². The maximum atomic E-state index is 3.52. The van der Waals surface area contributed by atoms with E-state index < -0.39 is 0 Å². The van der Waals surface area contributed by atoms with Crippen LogP contribution in [0, 0.1) is 13.8 Å². The summed E-state index contributed by atoms with van der Waals surface area (Å²) in [6.07, 6.45) is 3.33.